The van der Waals surface area contributed by atoms with Crippen LogP contribution in [0.15, 0.2) is 11.6 Å². The molecule has 0 radical (unpaired) electrons. The highest BCUT2D eigenvalue weighted by Gasteiger charge is 2.59. The minimum absolute atomic E-state index is 0.0579. The number of allylic oxidation sites excluding steroid dienone is 1. The van der Waals surface area contributed by atoms with Crippen LogP contribution in [0.5, 0.6) is 0 Å². The molecular weight excluding hydrogens is 447 g/mol. The Morgan fingerprint density at radius 3 is 2.57 bits per heavy atom. The molecule has 6 heteroatoms. The molecule has 4 fully saturated rings. The largest absolute Gasteiger partial charge is 0.392 e. The second kappa shape index (κ2) is 12.7. The van der Waals surface area contributed by atoms with E-state index >= 15 is 4.39 Å². The molecule has 0 spiro atoms. The maximum Gasteiger partial charge on any atom is 0.159 e. The molecule has 3 unspecified atom stereocenters. The minimum Gasteiger partial charge on any atom is -0.392 e. The number of halogens is 1. The maximum atomic E-state index is 16.6. The predicted octanol–water partition coefficient (Wildman–Crippen LogP) is 4.92. The van der Waals surface area contributed by atoms with Gasteiger partial charge in [-0.05, 0) is 58.3 Å². The van der Waals surface area contributed by atoms with Crippen LogP contribution >= 0.6 is 0 Å². The lowest BCUT2D eigenvalue weighted by molar-refractivity contribution is -0.194. The van der Waals surface area contributed by atoms with Gasteiger partial charge in [0.1, 0.15) is 11.8 Å². The number of aliphatic hydroxyl groups excluding tert-OH is 1. The van der Waals surface area contributed by atoms with Crippen molar-refractivity contribution in [3.8, 4) is 23.7 Å². The van der Waals surface area contributed by atoms with Gasteiger partial charge >= 0.3 is 0 Å². The predicted molar refractivity (Wildman–Crippen MR) is 132 cm³/mol. The van der Waals surface area contributed by atoms with E-state index in [1.807, 2.05) is 6.92 Å². The zero-order valence-electron chi connectivity index (χ0n) is 21.3. The molecule has 5 nitrogen and oxygen atoms in total. The van der Waals surface area contributed by atoms with Gasteiger partial charge in [0.2, 0.25) is 0 Å². The fraction of sp³-hybridized carbons (Fsp3) is 0.793. The van der Waals surface area contributed by atoms with Crippen molar-refractivity contribution in [3.05, 3.63) is 11.6 Å². The lowest BCUT2D eigenvalue weighted by Crippen LogP contribution is -2.37. The number of ether oxygens (including phenoxy) is 4. The lowest BCUT2D eigenvalue weighted by Gasteiger charge is -2.31. The number of alkyl halides is 1. The van der Waals surface area contributed by atoms with E-state index in [0.717, 1.165) is 44.1 Å². The van der Waals surface area contributed by atoms with Crippen LogP contribution in [0.1, 0.15) is 78.1 Å². The zero-order chi connectivity index (χ0) is 24.7. The summed E-state index contributed by atoms with van der Waals surface area (Å²) < 4.78 is 40.9. The molecule has 4 rings (SSSR count). The van der Waals surface area contributed by atoms with Gasteiger partial charge in [0.15, 0.2) is 12.6 Å². The van der Waals surface area contributed by atoms with Gasteiger partial charge in [-0.2, -0.15) is 0 Å². The molecule has 0 aromatic heterocycles. The second-order valence-electron chi connectivity index (χ2n) is 10.5. The molecular formula is C29H41FO5. The first-order valence-corrected chi connectivity index (χ1v) is 13.5. The molecule has 4 aliphatic rings. The van der Waals surface area contributed by atoms with Gasteiger partial charge in [0.25, 0.3) is 0 Å². The molecule has 0 aromatic rings. The summed E-state index contributed by atoms with van der Waals surface area (Å²) in [6.45, 7) is 5.24. The fourth-order valence-electron chi connectivity index (χ4n) is 5.90. The molecule has 2 saturated heterocycles. The average molecular weight is 489 g/mol. The van der Waals surface area contributed by atoms with Crippen LogP contribution in [0.2, 0.25) is 0 Å². The maximum absolute atomic E-state index is 16.6. The Balaban J connectivity index is 1.56. The normalized spacial score (nSPS) is 37.6. The van der Waals surface area contributed by atoms with Crippen LogP contribution in [0.3, 0.4) is 0 Å². The Morgan fingerprint density at radius 1 is 1.17 bits per heavy atom. The van der Waals surface area contributed by atoms with Gasteiger partial charge in [-0.25, -0.2) is 4.39 Å². The van der Waals surface area contributed by atoms with Gasteiger partial charge in [-0.1, -0.05) is 30.4 Å². The van der Waals surface area contributed by atoms with Gasteiger partial charge in [-0.15, -0.1) is 11.8 Å². The van der Waals surface area contributed by atoms with Gasteiger partial charge in [0.05, 0.1) is 18.6 Å². The van der Waals surface area contributed by atoms with Crippen molar-refractivity contribution < 1.29 is 28.4 Å². The highest BCUT2D eigenvalue weighted by Crippen LogP contribution is 2.56. The SMILES string of the molecule is CC#CCC(C)[C@@H](C#C[C@H]1[C@H](OC2CCCCO2)C[C@@H]2C/C(=C/CO)C[C@]21F)OC1CCCCO1. The smallest absolute Gasteiger partial charge is 0.159 e. The molecule has 1 N–H and O–H groups in total. The molecule has 2 saturated carbocycles. The number of hydrogen-bond donors (Lipinski definition) is 1. The first-order chi connectivity index (χ1) is 17.0. The summed E-state index contributed by atoms with van der Waals surface area (Å²) in [6.07, 6.45) is 8.65. The number of hydrogen-bond acceptors (Lipinski definition) is 5. The molecule has 2 aliphatic carbocycles. The number of fused-ring (bicyclic) bond motifs is 1. The van der Waals surface area contributed by atoms with Crippen LogP contribution in [0.25, 0.3) is 0 Å². The minimum atomic E-state index is -1.47. The summed E-state index contributed by atoms with van der Waals surface area (Å²) in [4.78, 5) is 0. The summed E-state index contributed by atoms with van der Waals surface area (Å²) in [5, 5.41) is 9.36. The van der Waals surface area contributed by atoms with Crippen molar-refractivity contribution in [3.63, 3.8) is 0 Å². The van der Waals surface area contributed by atoms with E-state index in [1.165, 1.54) is 0 Å². The van der Waals surface area contributed by atoms with Crippen LogP contribution in [0.4, 0.5) is 4.39 Å². The van der Waals surface area contributed by atoms with Crippen molar-refractivity contribution >= 4 is 0 Å². The Labute approximate surface area is 210 Å². The molecule has 8 atom stereocenters. The van der Waals surface area contributed by atoms with Crippen molar-refractivity contribution in [2.24, 2.45) is 17.8 Å². The van der Waals surface area contributed by atoms with Crippen LogP contribution < -0.4 is 0 Å². The van der Waals surface area contributed by atoms with E-state index in [9.17, 15) is 5.11 Å². The van der Waals surface area contributed by atoms with Gasteiger partial charge < -0.3 is 24.1 Å². The fourth-order valence-corrected chi connectivity index (χ4v) is 5.90. The molecule has 0 amide bonds. The third-order valence-corrected chi connectivity index (χ3v) is 7.87. The molecule has 0 bridgehead atoms. The Bertz CT molecular complexity index is 839. The standard InChI is InChI=1S/C29H41FO5/c1-3-4-9-21(2)25(34-27-10-5-7-16-32-27)13-12-24-26(35-28-11-6-8-17-33-28)19-23-18-22(14-15-31)20-29(23,24)30/h14,21,23-28,31H,5-11,15-20H2,1-2H3/b22-14-/t21?,23-,24-,25+,26+,27?,28?,29-/m0/s1. The zero-order valence-corrected chi connectivity index (χ0v) is 21.3. The Hall–Kier alpha value is -1.41. The highest BCUT2D eigenvalue weighted by atomic mass is 19.1. The molecule has 0 aromatic carbocycles. The summed E-state index contributed by atoms with van der Waals surface area (Å²) in [5.41, 5.74) is -0.486. The van der Waals surface area contributed by atoms with E-state index in [2.05, 4.69) is 30.6 Å². The van der Waals surface area contributed by atoms with Crippen molar-refractivity contribution in [1.29, 1.82) is 0 Å². The number of rotatable bonds is 7. The molecule has 35 heavy (non-hydrogen) atoms. The van der Waals surface area contributed by atoms with E-state index in [4.69, 9.17) is 18.9 Å². The summed E-state index contributed by atoms with van der Waals surface area (Å²) >= 11 is 0. The van der Waals surface area contributed by atoms with Gasteiger partial charge in [0, 0.05) is 37.9 Å². The molecule has 2 aliphatic heterocycles. The average Bonchev–Trinajstić information content (AvgIpc) is 3.30. The van der Waals surface area contributed by atoms with E-state index in [-0.39, 0.29) is 43.2 Å². The van der Waals surface area contributed by atoms with E-state index in [0.29, 0.717) is 38.9 Å². The van der Waals surface area contributed by atoms with Gasteiger partial charge in [-0.3, -0.25) is 0 Å². The monoisotopic (exact) mass is 488 g/mol. The molecule has 2 heterocycles. The molecule has 194 valence electrons. The van der Waals surface area contributed by atoms with Crippen LogP contribution in [-0.2, 0) is 18.9 Å². The quantitative estimate of drug-likeness (QED) is 0.407. The third kappa shape index (κ3) is 6.68. The van der Waals surface area contributed by atoms with Crippen molar-refractivity contribution in [2.45, 2.75) is 109 Å². The Morgan fingerprint density at radius 2 is 1.91 bits per heavy atom. The van der Waals surface area contributed by atoms with E-state index < -0.39 is 11.6 Å². The van der Waals surface area contributed by atoms with E-state index in [1.54, 1.807) is 6.08 Å². The van der Waals surface area contributed by atoms with Crippen molar-refractivity contribution in [1.82, 2.24) is 0 Å². The summed E-state index contributed by atoms with van der Waals surface area (Å²) in [7, 11) is 0. The first kappa shape index (κ1) is 26.6. The highest BCUT2D eigenvalue weighted by molar-refractivity contribution is 5.29. The van der Waals surface area contributed by atoms with Crippen LogP contribution in [-0.4, -0.2) is 55.4 Å². The van der Waals surface area contributed by atoms with Crippen LogP contribution in [0, 0.1) is 41.4 Å². The summed E-state index contributed by atoms with van der Waals surface area (Å²) in [6, 6.07) is 0. The second-order valence-corrected chi connectivity index (χ2v) is 10.5. The summed E-state index contributed by atoms with van der Waals surface area (Å²) in [5.74, 6) is 12.1. The topological polar surface area (TPSA) is 57.2 Å². The number of aliphatic hydroxyl groups is 1. The van der Waals surface area contributed by atoms with Crippen molar-refractivity contribution in [2.75, 3.05) is 19.8 Å². The first-order valence-electron chi connectivity index (χ1n) is 13.5. The Kier molecular flexibility index (Phi) is 9.67. The third-order valence-electron chi connectivity index (χ3n) is 7.87. The lowest BCUT2D eigenvalue weighted by atomic mass is 9.87.